The molecule has 0 saturated carbocycles. The molecule has 1 atom stereocenters. The number of carbonyl (C=O) groups excluding carboxylic acids is 1. The van der Waals surface area contributed by atoms with Gasteiger partial charge in [0, 0.05) is 12.6 Å². The lowest BCUT2D eigenvalue weighted by atomic mass is 9.92. The summed E-state index contributed by atoms with van der Waals surface area (Å²) < 4.78 is 0. The first-order valence-corrected chi connectivity index (χ1v) is 5.91. The third-order valence-corrected chi connectivity index (χ3v) is 3.39. The Morgan fingerprint density at radius 3 is 2.94 bits per heavy atom. The second-order valence-corrected chi connectivity index (χ2v) is 4.80. The fourth-order valence-electron chi connectivity index (χ4n) is 2.51. The summed E-state index contributed by atoms with van der Waals surface area (Å²) >= 11 is 0. The van der Waals surface area contributed by atoms with Gasteiger partial charge in [0.05, 0.1) is 6.54 Å². The number of carbonyl (C=O) groups is 1. The van der Waals surface area contributed by atoms with Crippen molar-refractivity contribution in [2.45, 2.75) is 33.2 Å². The second kappa shape index (κ2) is 4.38. The van der Waals surface area contributed by atoms with Crippen LogP contribution < -0.4 is 0 Å². The fraction of sp³-hybridized carbons (Fsp3) is 0.500. The number of rotatable bonds is 2. The van der Waals surface area contributed by atoms with Crippen LogP contribution in [0.2, 0.25) is 0 Å². The van der Waals surface area contributed by atoms with Crippen LogP contribution in [0.5, 0.6) is 0 Å². The lowest BCUT2D eigenvalue weighted by molar-refractivity contribution is -0.118. The molecular weight excluding hydrogens is 198 g/mol. The molecule has 0 spiro atoms. The average Bonchev–Trinajstić information content (AvgIpc) is 2.22. The van der Waals surface area contributed by atoms with Gasteiger partial charge in [-0.1, -0.05) is 23.8 Å². The molecule has 1 unspecified atom stereocenters. The fourth-order valence-corrected chi connectivity index (χ4v) is 2.51. The van der Waals surface area contributed by atoms with E-state index in [1.807, 2.05) is 0 Å². The molecule has 0 saturated heterocycles. The van der Waals surface area contributed by atoms with Crippen LogP contribution in [0.3, 0.4) is 0 Å². The third kappa shape index (κ3) is 2.17. The standard InChI is InChI=1S/C14H19NO/c1-10-4-5-14-12(3)15(9-11(2)16)7-6-13(14)8-10/h4-5,8,12H,6-7,9H2,1-3H3. The maximum atomic E-state index is 11.2. The van der Waals surface area contributed by atoms with Crippen molar-refractivity contribution in [1.29, 1.82) is 0 Å². The molecule has 1 heterocycles. The van der Waals surface area contributed by atoms with Crippen LogP contribution in [0.25, 0.3) is 0 Å². The number of hydrogen-bond donors (Lipinski definition) is 0. The minimum absolute atomic E-state index is 0.252. The normalized spacial score (nSPS) is 20.6. The molecule has 86 valence electrons. The number of benzene rings is 1. The van der Waals surface area contributed by atoms with E-state index in [1.54, 1.807) is 6.92 Å². The molecule has 16 heavy (non-hydrogen) atoms. The number of Topliss-reactive ketones (excluding diaryl/α,β-unsaturated/α-hetero) is 1. The molecule has 1 aliphatic rings. The van der Waals surface area contributed by atoms with Gasteiger partial charge in [0.15, 0.2) is 0 Å². The topological polar surface area (TPSA) is 20.3 Å². The molecule has 1 aromatic rings. The first-order valence-electron chi connectivity index (χ1n) is 5.91. The summed E-state index contributed by atoms with van der Waals surface area (Å²) in [5, 5.41) is 0. The van der Waals surface area contributed by atoms with Crippen molar-refractivity contribution >= 4 is 5.78 Å². The number of aryl methyl sites for hydroxylation is 1. The molecule has 0 fully saturated rings. The van der Waals surface area contributed by atoms with Crippen LogP contribution >= 0.6 is 0 Å². The SMILES string of the molecule is CC(=O)CN1CCc2cc(C)ccc2C1C. The van der Waals surface area contributed by atoms with E-state index in [-0.39, 0.29) is 5.78 Å². The van der Waals surface area contributed by atoms with Crippen molar-refractivity contribution in [2.24, 2.45) is 0 Å². The minimum atomic E-state index is 0.252. The summed E-state index contributed by atoms with van der Waals surface area (Å²) in [5.74, 6) is 0.252. The highest BCUT2D eigenvalue weighted by molar-refractivity contribution is 5.77. The lowest BCUT2D eigenvalue weighted by Gasteiger charge is -2.34. The highest BCUT2D eigenvalue weighted by Crippen LogP contribution is 2.29. The highest BCUT2D eigenvalue weighted by Gasteiger charge is 2.24. The van der Waals surface area contributed by atoms with Gasteiger partial charge in [-0.05, 0) is 38.3 Å². The van der Waals surface area contributed by atoms with Gasteiger partial charge < -0.3 is 0 Å². The summed E-state index contributed by atoms with van der Waals surface area (Å²) in [7, 11) is 0. The Balaban J connectivity index is 2.25. The first-order chi connectivity index (χ1) is 7.58. The lowest BCUT2D eigenvalue weighted by Crippen LogP contribution is -2.37. The molecular formula is C14H19NO. The van der Waals surface area contributed by atoms with Crippen molar-refractivity contribution < 1.29 is 4.79 Å². The summed E-state index contributed by atoms with van der Waals surface area (Å²) in [6.07, 6.45) is 1.06. The Kier molecular flexibility index (Phi) is 3.10. The summed E-state index contributed by atoms with van der Waals surface area (Å²) in [6.45, 7) is 7.56. The van der Waals surface area contributed by atoms with Crippen molar-refractivity contribution in [2.75, 3.05) is 13.1 Å². The number of nitrogens with zero attached hydrogens (tertiary/aromatic N) is 1. The van der Waals surface area contributed by atoms with Crippen LogP contribution in [0, 0.1) is 6.92 Å². The molecule has 1 aromatic carbocycles. The molecule has 2 rings (SSSR count). The van der Waals surface area contributed by atoms with Gasteiger partial charge in [-0.15, -0.1) is 0 Å². The summed E-state index contributed by atoms with van der Waals surface area (Å²) in [4.78, 5) is 13.4. The maximum absolute atomic E-state index is 11.2. The van der Waals surface area contributed by atoms with Gasteiger partial charge >= 0.3 is 0 Å². The monoisotopic (exact) mass is 217 g/mol. The van der Waals surface area contributed by atoms with Gasteiger partial charge in [-0.2, -0.15) is 0 Å². The zero-order chi connectivity index (χ0) is 11.7. The molecule has 0 N–H and O–H groups in total. The van der Waals surface area contributed by atoms with Gasteiger partial charge in [-0.3, -0.25) is 9.69 Å². The predicted octanol–water partition coefficient (Wildman–Crippen LogP) is 2.50. The Morgan fingerprint density at radius 1 is 1.50 bits per heavy atom. The second-order valence-electron chi connectivity index (χ2n) is 4.80. The molecule has 2 nitrogen and oxygen atoms in total. The van der Waals surface area contributed by atoms with E-state index in [9.17, 15) is 4.79 Å². The Labute approximate surface area is 97.3 Å². The van der Waals surface area contributed by atoms with E-state index in [2.05, 4.69) is 36.9 Å². The van der Waals surface area contributed by atoms with Crippen LogP contribution in [0.4, 0.5) is 0 Å². The molecule has 0 bridgehead atoms. The van der Waals surface area contributed by atoms with Crippen molar-refractivity contribution in [1.82, 2.24) is 4.90 Å². The van der Waals surface area contributed by atoms with E-state index < -0.39 is 0 Å². The summed E-state index contributed by atoms with van der Waals surface area (Å²) in [6, 6.07) is 7.01. The molecule has 0 radical (unpaired) electrons. The number of ketones is 1. The van der Waals surface area contributed by atoms with Gasteiger partial charge in [0.1, 0.15) is 5.78 Å². The third-order valence-electron chi connectivity index (χ3n) is 3.39. The van der Waals surface area contributed by atoms with Crippen LogP contribution in [-0.4, -0.2) is 23.8 Å². The highest BCUT2D eigenvalue weighted by atomic mass is 16.1. The Morgan fingerprint density at radius 2 is 2.25 bits per heavy atom. The van der Waals surface area contributed by atoms with Gasteiger partial charge in [-0.25, -0.2) is 0 Å². The van der Waals surface area contributed by atoms with Crippen molar-refractivity contribution in [3.8, 4) is 0 Å². The zero-order valence-corrected chi connectivity index (χ0v) is 10.3. The minimum Gasteiger partial charge on any atom is -0.299 e. The largest absolute Gasteiger partial charge is 0.299 e. The van der Waals surface area contributed by atoms with Crippen molar-refractivity contribution in [3.05, 3.63) is 34.9 Å². The van der Waals surface area contributed by atoms with Crippen LogP contribution in [0.1, 0.15) is 36.6 Å². The van der Waals surface area contributed by atoms with Crippen molar-refractivity contribution in [3.63, 3.8) is 0 Å². The van der Waals surface area contributed by atoms with Crippen LogP contribution in [-0.2, 0) is 11.2 Å². The quantitative estimate of drug-likeness (QED) is 0.758. The first kappa shape index (κ1) is 11.3. The number of hydrogen-bond acceptors (Lipinski definition) is 2. The van der Waals surface area contributed by atoms with E-state index in [0.29, 0.717) is 12.6 Å². The molecule has 2 heteroatoms. The van der Waals surface area contributed by atoms with E-state index >= 15 is 0 Å². The van der Waals surface area contributed by atoms with E-state index in [4.69, 9.17) is 0 Å². The summed E-state index contributed by atoms with van der Waals surface area (Å²) in [5.41, 5.74) is 4.16. The van der Waals surface area contributed by atoms with E-state index in [1.165, 1.54) is 16.7 Å². The maximum Gasteiger partial charge on any atom is 0.143 e. The van der Waals surface area contributed by atoms with Crippen LogP contribution in [0.15, 0.2) is 18.2 Å². The van der Waals surface area contributed by atoms with Gasteiger partial charge in [0.2, 0.25) is 0 Å². The Bertz CT molecular complexity index is 411. The molecule has 1 aliphatic heterocycles. The zero-order valence-electron chi connectivity index (χ0n) is 10.3. The number of fused-ring (bicyclic) bond motifs is 1. The predicted molar refractivity (Wildman–Crippen MR) is 65.6 cm³/mol. The van der Waals surface area contributed by atoms with E-state index in [0.717, 1.165) is 13.0 Å². The molecule has 0 aromatic heterocycles. The average molecular weight is 217 g/mol. The molecule has 0 aliphatic carbocycles. The Hall–Kier alpha value is -1.15. The molecule has 0 amide bonds. The van der Waals surface area contributed by atoms with Gasteiger partial charge in [0.25, 0.3) is 0 Å². The smallest absolute Gasteiger partial charge is 0.143 e.